The van der Waals surface area contributed by atoms with Crippen molar-refractivity contribution in [1.82, 2.24) is 9.97 Å². The molecule has 0 atom stereocenters. The molecule has 0 aliphatic rings. The average molecular weight is 369 g/mol. The van der Waals surface area contributed by atoms with E-state index >= 15 is 0 Å². The molecular weight excluding hydrogens is 353 g/mol. The first-order valence-electron chi connectivity index (χ1n) is 6.14. The lowest BCUT2D eigenvalue weighted by atomic mass is 10.1. The van der Waals surface area contributed by atoms with Crippen molar-refractivity contribution >= 4 is 28.4 Å². The van der Waals surface area contributed by atoms with Crippen LogP contribution in [0.3, 0.4) is 0 Å². The molecule has 0 unspecified atom stereocenters. The van der Waals surface area contributed by atoms with Gasteiger partial charge in [0, 0.05) is 13.6 Å². The Morgan fingerprint density at radius 2 is 1.89 bits per heavy atom. The van der Waals surface area contributed by atoms with Gasteiger partial charge < -0.3 is 9.88 Å². The van der Waals surface area contributed by atoms with Gasteiger partial charge in [0.2, 0.25) is 0 Å². The van der Waals surface area contributed by atoms with Gasteiger partial charge in [-0.3, -0.25) is 4.79 Å². The first-order chi connectivity index (χ1) is 9.11. The van der Waals surface area contributed by atoms with Gasteiger partial charge in [-0.05, 0) is 40.1 Å². The minimum Gasteiger partial charge on any atom is -0.354 e. The van der Waals surface area contributed by atoms with Crippen LogP contribution in [-0.4, -0.2) is 17.0 Å². The standard InChI is InChI=1S/C14H16IN3O/c1-3-10-4-6-11(7-5-10)8-18(2)13-12(15)14(19)17-9-16-13/h4-7,9H,3,8H2,1-2H3,(H,16,17,19). The summed E-state index contributed by atoms with van der Waals surface area (Å²) < 4.78 is 0.618. The molecule has 0 saturated heterocycles. The highest BCUT2D eigenvalue weighted by Gasteiger charge is 2.10. The lowest BCUT2D eigenvalue weighted by molar-refractivity contribution is 0.879. The van der Waals surface area contributed by atoms with E-state index < -0.39 is 0 Å². The summed E-state index contributed by atoms with van der Waals surface area (Å²) in [5.41, 5.74) is 2.44. The van der Waals surface area contributed by atoms with Gasteiger partial charge in [-0.25, -0.2) is 4.98 Å². The van der Waals surface area contributed by atoms with E-state index in [0.717, 1.165) is 13.0 Å². The quantitative estimate of drug-likeness (QED) is 0.843. The summed E-state index contributed by atoms with van der Waals surface area (Å²) in [6.07, 6.45) is 2.49. The highest BCUT2D eigenvalue weighted by molar-refractivity contribution is 14.1. The van der Waals surface area contributed by atoms with E-state index in [4.69, 9.17) is 0 Å². The number of benzene rings is 1. The fraction of sp³-hybridized carbons (Fsp3) is 0.286. The maximum Gasteiger partial charge on any atom is 0.266 e. The van der Waals surface area contributed by atoms with Gasteiger partial charge in [0.1, 0.15) is 9.39 Å². The number of halogens is 1. The number of aromatic nitrogens is 2. The third-order valence-corrected chi connectivity index (χ3v) is 3.96. The van der Waals surface area contributed by atoms with E-state index in [1.54, 1.807) is 0 Å². The van der Waals surface area contributed by atoms with Gasteiger partial charge >= 0.3 is 0 Å². The molecule has 4 nitrogen and oxygen atoms in total. The second-order valence-corrected chi connectivity index (χ2v) is 5.47. The molecule has 1 aromatic heterocycles. The third kappa shape index (κ3) is 3.34. The van der Waals surface area contributed by atoms with Crippen LogP contribution in [0.2, 0.25) is 0 Å². The Labute approximate surface area is 126 Å². The predicted molar refractivity (Wildman–Crippen MR) is 85.5 cm³/mol. The average Bonchev–Trinajstić information content (AvgIpc) is 2.42. The van der Waals surface area contributed by atoms with Crippen LogP contribution in [0.25, 0.3) is 0 Å². The van der Waals surface area contributed by atoms with E-state index in [-0.39, 0.29) is 5.56 Å². The van der Waals surface area contributed by atoms with Crippen LogP contribution in [0.4, 0.5) is 5.82 Å². The normalized spacial score (nSPS) is 10.5. The molecule has 0 amide bonds. The number of anilines is 1. The molecular formula is C14H16IN3O. The second kappa shape index (κ2) is 6.18. The van der Waals surface area contributed by atoms with Crippen molar-refractivity contribution in [3.63, 3.8) is 0 Å². The summed E-state index contributed by atoms with van der Waals surface area (Å²) in [7, 11) is 1.94. The van der Waals surface area contributed by atoms with Gasteiger partial charge in [-0.2, -0.15) is 0 Å². The lowest BCUT2D eigenvalue weighted by Crippen LogP contribution is -2.23. The SMILES string of the molecule is CCc1ccc(CN(C)c2nc[nH]c(=O)c2I)cc1. The smallest absolute Gasteiger partial charge is 0.266 e. The van der Waals surface area contributed by atoms with Crippen LogP contribution in [0.1, 0.15) is 18.1 Å². The molecule has 1 N–H and O–H groups in total. The molecule has 2 rings (SSSR count). The highest BCUT2D eigenvalue weighted by Crippen LogP contribution is 2.16. The zero-order chi connectivity index (χ0) is 13.8. The number of H-pyrrole nitrogens is 1. The maximum atomic E-state index is 11.6. The molecule has 0 bridgehead atoms. The Balaban J connectivity index is 2.18. The number of hydrogen-bond donors (Lipinski definition) is 1. The van der Waals surface area contributed by atoms with Crippen molar-refractivity contribution < 1.29 is 0 Å². The van der Waals surface area contributed by atoms with Gasteiger partial charge in [0.25, 0.3) is 5.56 Å². The van der Waals surface area contributed by atoms with Crippen molar-refractivity contribution in [2.45, 2.75) is 19.9 Å². The third-order valence-electron chi connectivity index (χ3n) is 2.99. The molecule has 0 aliphatic heterocycles. The molecule has 100 valence electrons. The molecule has 1 heterocycles. The van der Waals surface area contributed by atoms with E-state index in [0.29, 0.717) is 9.39 Å². The van der Waals surface area contributed by atoms with Crippen LogP contribution in [0.15, 0.2) is 35.4 Å². The van der Waals surface area contributed by atoms with Crippen molar-refractivity contribution in [3.8, 4) is 0 Å². The summed E-state index contributed by atoms with van der Waals surface area (Å²) in [6, 6.07) is 8.52. The fourth-order valence-corrected chi connectivity index (χ4v) is 2.58. The molecule has 1 aromatic carbocycles. The number of rotatable bonds is 4. The summed E-state index contributed by atoms with van der Waals surface area (Å²) in [6.45, 7) is 2.88. The van der Waals surface area contributed by atoms with E-state index in [9.17, 15) is 4.79 Å². The monoisotopic (exact) mass is 369 g/mol. The Bertz CT molecular complexity index is 607. The van der Waals surface area contributed by atoms with Crippen molar-refractivity contribution in [2.75, 3.05) is 11.9 Å². The number of nitrogens with one attached hydrogen (secondary N) is 1. The highest BCUT2D eigenvalue weighted by atomic mass is 127. The van der Waals surface area contributed by atoms with Crippen molar-refractivity contribution in [1.29, 1.82) is 0 Å². The summed E-state index contributed by atoms with van der Waals surface area (Å²) in [5.74, 6) is 0.712. The Kier molecular flexibility index (Phi) is 4.57. The Morgan fingerprint density at radius 3 is 2.53 bits per heavy atom. The maximum absolute atomic E-state index is 11.6. The van der Waals surface area contributed by atoms with E-state index in [2.05, 4.69) is 41.2 Å². The molecule has 19 heavy (non-hydrogen) atoms. The van der Waals surface area contributed by atoms with Crippen LogP contribution in [0.5, 0.6) is 0 Å². The Morgan fingerprint density at radius 1 is 1.26 bits per heavy atom. The molecule has 0 fully saturated rings. The zero-order valence-corrected chi connectivity index (χ0v) is 13.1. The number of hydrogen-bond acceptors (Lipinski definition) is 3. The van der Waals surface area contributed by atoms with Crippen molar-refractivity contribution in [2.24, 2.45) is 0 Å². The lowest BCUT2D eigenvalue weighted by Gasteiger charge is -2.19. The second-order valence-electron chi connectivity index (χ2n) is 4.40. The molecule has 0 radical (unpaired) electrons. The molecule has 2 aromatic rings. The summed E-state index contributed by atoms with van der Waals surface area (Å²) >= 11 is 2.03. The van der Waals surface area contributed by atoms with Crippen molar-refractivity contribution in [3.05, 3.63) is 55.6 Å². The fourth-order valence-electron chi connectivity index (χ4n) is 1.87. The zero-order valence-electron chi connectivity index (χ0n) is 11.0. The van der Waals surface area contributed by atoms with E-state index in [1.807, 2.05) is 34.5 Å². The van der Waals surface area contributed by atoms with Gasteiger partial charge in [-0.1, -0.05) is 31.2 Å². The largest absolute Gasteiger partial charge is 0.354 e. The van der Waals surface area contributed by atoms with Crippen LogP contribution in [0, 0.1) is 3.57 Å². The minimum atomic E-state index is -0.0984. The van der Waals surface area contributed by atoms with Gasteiger partial charge in [-0.15, -0.1) is 0 Å². The number of aryl methyl sites for hydroxylation is 1. The predicted octanol–water partition coefficient (Wildman–Crippen LogP) is 2.57. The molecule has 0 spiro atoms. The molecule has 5 heteroatoms. The topological polar surface area (TPSA) is 49.0 Å². The Hall–Kier alpha value is -1.37. The van der Waals surface area contributed by atoms with Crippen LogP contribution >= 0.6 is 22.6 Å². The number of aromatic amines is 1. The molecule has 0 saturated carbocycles. The van der Waals surface area contributed by atoms with Gasteiger partial charge in [0.15, 0.2) is 0 Å². The minimum absolute atomic E-state index is 0.0984. The molecule has 0 aliphatic carbocycles. The van der Waals surface area contributed by atoms with Crippen LogP contribution < -0.4 is 10.5 Å². The van der Waals surface area contributed by atoms with Crippen LogP contribution in [-0.2, 0) is 13.0 Å². The summed E-state index contributed by atoms with van der Waals surface area (Å²) in [5, 5.41) is 0. The van der Waals surface area contributed by atoms with Gasteiger partial charge in [0.05, 0.1) is 6.33 Å². The first kappa shape index (κ1) is 14.0. The van der Waals surface area contributed by atoms with E-state index in [1.165, 1.54) is 17.5 Å². The summed E-state index contributed by atoms with van der Waals surface area (Å²) in [4.78, 5) is 20.3. The first-order valence-corrected chi connectivity index (χ1v) is 7.21. The number of nitrogens with zero attached hydrogens (tertiary/aromatic N) is 2.